The molecular formula is C24H27N9O2. The molecule has 1 aliphatic carbocycles. The number of aromatic amines is 2. The number of imidazole rings is 1. The molecule has 1 aliphatic heterocycles. The summed E-state index contributed by atoms with van der Waals surface area (Å²) in [6.45, 7) is 4.09. The number of aromatic nitrogens is 5. The summed E-state index contributed by atoms with van der Waals surface area (Å²) in [6.07, 6.45) is 5.43. The first-order chi connectivity index (χ1) is 17.0. The highest BCUT2D eigenvalue weighted by molar-refractivity contribution is 5.65. The van der Waals surface area contributed by atoms with Crippen LogP contribution < -0.4 is 26.6 Å². The summed E-state index contributed by atoms with van der Waals surface area (Å²) in [6, 6.07) is 10.6. The van der Waals surface area contributed by atoms with E-state index in [0.29, 0.717) is 28.2 Å². The van der Waals surface area contributed by atoms with E-state index in [1.165, 1.54) is 5.69 Å². The number of nitrogens with zero attached hydrogens (tertiary/aromatic N) is 6. The average molecular weight is 474 g/mol. The van der Waals surface area contributed by atoms with E-state index in [1.807, 2.05) is 18.2 Å². The lowest BCUT2D eigenvalue weighted by atomic mass is 10.2. The van der Waals surface area contributed by atoms with Crippen molar-refractivity contribution in [2.45, 2.75) is 18.9 Å². The van der Waals surface area contributed by atoms with E-state index >= 15 is 0 Å². The van der Waals surface area contributed by atoms with Crippen LogP contribution in [0, 0.1) is 0 Å². The monoisotopic (exact) mass is 473 g/mol. The lowest BCUT2D eigenvalue weighted by Crippen LogP contribution is -2.44. The van der Waals surface area contributed by atoms with Gasteiger partial charge in [-0.2, -0.15) is 9.61 Å². The predicted octanol–water partition coefficient (Wildman–Crippen LogP) is 0.558. The van der Waals surface area contributed by atoms with Crippen molar-refractivity contribution in [2.24, 2.45) is 4.99 Å². The fraction of sp³-hybridized carbons (Fsp3) is 0.333. The van der Waals surface area contributed by atoms with Gasteiger partial charge in [0, 0.05) is 48.8 Å². The molecular weight excluding hydrogens is 446 g/mol. The number of H-pyrrole nitrogens is 2. The number of piperazine rings is 1. The summed E-state index contributed by atoms with van der Waals surface area (Å²) >= 11 is 0. The molecule has 2 aliphatic rings. The number of hydrogen-bond donors (Lipinski definition) is 4. The molecule has 4 heterocycles. The second-order valence-corrected chi connectivity index (χ2v) is 9.15. The Morgan fingerprint density at radius 1 is 1.17 bits per heavy atom. The summed E-state index contributed by atoms with van der Waals surface area (Å²) < 4.78 is 1.69. The van der Waals surface area contributed by atoms with E-state index in [1.54, 1.807) is 16.8 Å². The van der Waals surface area contributed by atoms with Crippen molar-refractivity contribution in [3.63, 3.8) is 0 Å². The molecule has 0 spiro atoms. The minimum Gasteiger partial charge on any atom is -0.493 e. The molecule has 0 radical (unpaired) electrons. The molecule has 4 aromatic rings. The van der Waals surface area contributed by atoms with E-state index in [9.17, 15) is 9.90 Å². The zero-order valence-corrected chi connectivity index (χ0v) is 19.4. The Bertz CT molecular complexity index is 1560. The van der Waals surface area contributed by atoms with Crippen LogP contribution in [0.2, 0.25) is 0 Å². The molecule has 0 atom stereocenters. The molecule has 11 nitrogen and oxygen atoms in total. The van der Waals surface area contributed by atoms with Crippen LogP contribution in [0.1, 0.15) is 18.5 Å². The molecule has 180 valence electrons. The second kappa shape index (κ2) is 8.58. The third-order valence-corrected chi connectivity index (χ3v) is 6.36. The fourth-order valence-corrected chi connectivity index (χ4v) is 4.25. The van der Waals surface area contributed by atoms with Gasteiger partial charge in [-0.25, -0.2) is 9.78 Å². The Morgan fingerprint density at radius 2 is 2.00 bits per heavy atom. The van der Waals surface area contributed by atoms with Crippen LogP contribution in [0.15, 0.2) is 46.3 Å². The van der Waals surface area contributed by atoms with Crippen molar-refractivity contribution in [1.82, 2.24) is 29.5 Å². The molecule has 6 rings (SSSR count). The van der Waals surface area contributed by atoms with Gasteiger partial charge in [-0.1, -0.05) is 6.07 Å². The van der Waals surface area contributed by atoms with Crippen molar-refractivity contribution >= 4 is 28.9 Å². The highest BCUT2D eigenvalue weighted by Crippen LogP contribution is 2.24. The Balaban J connectivity index is 1.39. The minimum atomic E-state index is -0.481. The normalized spacial score (nSPS) is 18.0. The molecule has 0 amide bonds. The molecule has 35 heavy (non-hydrogen) atoms. The third-order valence-electron chi connectivity index (χ3n) is 6.36. The Labute approximate surface area is 200 Å². The first-order valence-corrected chi connectivity index (χ1v) is 11.8. The molecule has 4 N–H and O–H groups in total. The zero-order chi connectivity index (χ0) is 23.9. The largest absolute Gasteiger partial charge is 0.493 e. The van der Waals surface area contributed by atoms with Crippen molar-refractivity contribution in [1.29, 1.82) is 0 Å². The number of benzene rings is 1. The van der Waals surface area contributed by atoms with Gasteiger partial charge < -0.3 is 25.2 Å². The molecule has 3 aromatic heterocycles. The van der Waals surface area contributed by atoms with Crippen LogP contribution in [0.25, 0.3) is 11.7 Å². The molecule has 1 aromatic carbocycles. The number of hydrogen-bond acceptors (Lipinski definition) is 8. The smallest absolute Gasteiger partial charge is 0.326 e. The van der Waals surface area contributed by atoms with Crippen molar-refractivity contribution in [3.8, 4) is 5.88 Å². The summed E-state index contributed by atoms with van der Waals surface area (Å²) in [4.78, 5) is 30.8. The van der Waals surface area contributed by atoms with Crippen molar-refractivity contribution in [2.75, 3.05) is 43.4 Å². The van der Waals surface area contributed by atoms with Gasteiger partial charge in [0.05, 0.1) is 12.2 Å². The lowest BCUT2D eigenvalue weighted by Gasteiger charge is -2.34. The summed E-state index contributed by atoms with van der Waals surface area (Å²) in [5.74, 6) is 0.418. The van der Waals surface area contributed by atoms with Crippen LogP contribution in [-0.2, 0) is 0 Å². The molecule has 1 saturated heterocycles. The van der Waals surface area contributed by atoms with Crippen LogP contribution in [-0.4, -0.2) is 73.8 Å². The minimum absolute atomic E-state index is 0.229. The van der Waals surface area contributed by atoms with Gasteiger partial charge in [0.25, 0.3) is 0 Å². The van der Waals surface area contributed by atoms with Crippen LogP contribution in [0.3, 0.4) is 0 Å². The van der Waals surface area contributed by atoms with Crippen LogP contribution in [0.5, 0.6) is 5.88 Å². The SMILES string of the molecule is CN1CCN(c2cccc(Nc3cc(=NC4CC4)n4ncc(=Cc5[nH]c(=O)[nH]c5O)c4n3)c2)CC1. The average Bonchev–Trinajstić information content (AvgIpc) is 3.48. The number of likely N-dealkylation sites (N-methyl/N-ethyl adjacent to an activating group) is 1. The Morgan fingerprint density at radius 3 is 2.74 bits per heavy atom. The quantitative estimate of drug-likeness (QED) is 0.333. The van der Waals surface area contributed by atoms with Gasteiger partial charge in [0.15, 0.2) is 11.1 Å². The highest BCUT2D eigenvalue weighted by atomic mass is 16.3. The van der Waals surface area contributed by atoms with E-state index < -0.39 is 5.69 Å². The van der Waals surface area contributed by atoms with Crippen LogP contribution >= 0.6 is 0 Å². The topological polar surface area (TPSA) is 130 Å². The number of rotatable bonds is 5. The first kappa shape index (κ1) is 21.4. The van der Waals surface area contributed by atoms with Crippen molar-refractivity contribution in [3.05, 3.63) is 63.4 Å². The van der Waals surface area contributed by atoms with E-state index in [2.05, 4.69) is 49.4 Å². The van der Waals surface area contributed by atoms with Crippen molar-refractivity contribution < 1.29 is 5.11 Å². The van der Waals surface area contributed by atoms with Gasteiger partial charge in [-0.15, -0.1) is 0 Å². The maximum absolute atomic E-state index is 11.5. The Kier molecular flexibility index (Phi) is 5.25. The molecule has 0 bridgehead atoms. The maximum Gasteiger partial charge on any atom is 0.326 e. The van der Waals surface area contributed by atoms with E-state index in [-0.39, 0.29) is 11.6 Å². The molecule has 11 heteroatoms. The lowest BCUT2D eigenvalue weighted by molar-refractivity contribution is 0.313. The van der Waals surface area contributed by atoms with Gasteiger partial charge in [-0.3, -0.25) is 9.98 Å². The number of aromatic hydroxyl groups is 1. The highest BCUT2D eigenvalue weighted by Gasteiger charge is 2.20. The molecule has 1 saturated carbocycles. The Hall–Kier alpha value is -4.12. The summed E-state index contributed by atoms with van der Waals surface area (Å²) in [5.41, 5.74) is 3.19. The maximum atomic E-state index is 11.5. The predicted molar refractivity (Wildman–Crippen MR) is 133 cm³/mol. The number of nitrogens with one attached hydrogen (secondary N) is 3. The fourth-order valence-electron chi connectivity index (χ4n) is 4.25. The second-order valence-electron chi connectivity index (χ2n) is 9.15. The first-order valence-electron chi connectivity index (χ1n) is 11.8. The van der Waals surface area contributed by atoms with Gasteiger partial charge in [-0.05, 0) is 44.2 Å². The zero-order valence-electron chi connectivity index (χ0n) is 19.4. The molecule has 0 unspecified atom stereocenters. The number of fused-ring (bicyclic) bond motifs is 1. The van der Waals surface area contributed by atoms with E-state index in [4.69, 9.17) is 9.98 Å². The van der Waals surface area contributed by atoms with Gasteiger partial charge in [0.2, 0.25) is 5.88 Å². The summed E-state index contributed by atoms with van der Waals surface area (Å²) in [5, 5.41) is 18.5. The standard InChI is InChI=1S/C24H27N9O2/c1-31-7-9-32(10-8-31)18-4-2-3-17(12-18)26-20-13-21(27-16-5-6-16)33-22(29-20)15(14-25-33)11-19-23(34)30-24(35)28-19/h2-4,11-14,16,26,34H,5-10H2,1H3,(H2,28,30,35). The number of anilines is 3. The molecule has 2 fully saturated rings. The van der Waals surface area contributed by atoms with Gasteiger partial charge >= 0.3 is 5.69 Å². The van der Waals surface area contributed by atoms with Crippen LogP contribution in [0.4, 0.5) is 17.2 Å². The van der Waals surface area contributed by atoms with E-state index in [0.717, 1.165) is 44.7 Å². The van der Waals surface area contributed by atoms with Gasteiger partial charge in [0.1, 0.15) is 11.5 Å². The third kappa shape index (κ3) is 4.50. The summed E-state index contributed by atoms with van der Waals surface area (Å²) in [7, 11) is 2.15.